The lowest BCUT2D eigenvalue weighted by Crippen LogP contribution is -2.48. The lowest BCUT2D eigenvalue weighted by atomic mass is 10.00. The van der Waals surface area contributed by atoms with Crippen molar-refractivity contribution in [1.82, 2.24) is 9.80 Å². The van der Waals surface area contributed by atoms with Crippen molar-refractivity contribution in [1.29, 1.82) is 5.26 Å². The van der Waals surface area contributed by atoms with Crippen molar-refractivity contribution in [3.63, 3.8) is 0 Å². The molecule has 4 rings (SSSR count). The Labute approximate surface area is 187 Å². The highest BCUT2D eigenvalue weighted by molar-refractivity contribution is 5.94. The number of nitriles is 1. The number of amides is 1. The van der Waals surface area contributed by atoms with Crippen molar-refractivity contribution in [2.45, 2.75) is 44.9 Å². The maximum Gasteiger partial charge on any atom is 0.387 e. The number of hydrogen-bond donors (Lipinski definition) is 0. The van der Waals surface area contributed by atoms with Crippen LogP contribution in [0.2, 0.25) is 0 Å². The highest BCUT2D eigenvalue weighted by atomic mass is 19.3. The lowest BCUT2D eigenvalue weighted by Gasteiger charge is -2.39. The Bertz CT molecular complexity index is 979. The fraction of sp³-hybridized carbons (Fsp3) is 0.440. The Balaban J connectivity index is 1.41. The van der Waals surface area contributed by atoms with Crippen LogP contribution in [0.15, 0.2) is 48.5 Å². The number of para-hydroxylation sites is 1. The van der Waals surface area contributed by atoms with Gasteiger partial charge in [0.05, 0.1) is 11.6 Å². The van der Waals surface area contributed by atoms with E-state index in [1.54, 1.807) is 36.4 Å². The number of benzene rings is 2. The van der Waals surface area contributed by atoms with E-state index < -0.39 is 6.61 Å². The first-order valence-electron chi connectivity index (χ1n) is 11.1. The van der Waals surface area contributed by atoms with E-state index >= 15 is 0 Å². The van der Waals surface area contributed by atoms with Gasteiger partial charge < -0.3 is 9.64 Å². The Morgan fingerprint density at radius 1 is 1.12 bits per heavy atom. The molecule has 2 aliphatic rings. The zero-order chi connectivity index (χ0) is 22.5. The van der Waals surface area contributed by atoms with Gasteiger partial charge in [-0.25, -0.2) is 0 Å². The van der Waals surface area contributed by atoms with Crippen LogP contribution in [-0.4, -0.2) is 48.0 Å². The number of likely N-dealkylation sites (tertiary alicyclic amines) is 1. The SMILES string of the molecule is N#Cc1cccc(C(=O)N(CC2CC2)C2CCN(Cc3ccccc3OC(F)F)CC2)c1. The van der Waals surface area contributed by atoms with Gasteiger partial charge in [-0.1, -0.05) is 24.3 Å². The third-order valence-electron chi connectivity index (χ3n) is 6.23. The van der Waals surface area contributed by atoms with Gasteiger partial charge in [0, 0.05) is 43.3 Å². The molecule has 1 saturated heterocycles. The molecule has 0 bridgehead atoms. The molecular weight excluding hydrogens is 412 g/mol. The number of rotatable bonds is 8. The van der Waals surface area contributed by atoms with Gasteiger partial charge in [0.25, 0.3) is 5.91 Å². The minimum absolute atomic E-state index is 0.0110. The number of carbonyl (C=O) groups excluding carboxylic acids is 1. The number of alkyl halides is 2. The van der Waals surface area contributed by atoms with Crippen LogP contribution in [0.4, 0.5) is 8.78 Å². The molecular formula is C25H27F2N3O2. The summed E-state index contributed by atoms with van der Waals surface area (Å²) in [6, 6.07) is 16.0. The van der Waals surface area contributed by atoms with Crippen LogP contribution in [0, 0.1) is 17.2 Å². The minimum atomic E-state index is -2.84. The quantitative estimate of drug-likeness (QED) is 0.600. The third kappa shape index (κ3) is 5.63. The first kappa shape index (κ1) is 22.2. The molecule has 0 unspecified atom stereocenters. The number of nitrogens with zero attached hydrogens (tertiary/aromatic N) is 3. The number of halogens is 2. The summed E-state index contributed by atoms with van der Waals surface area (Å²) >= 11 is 0. The van der Waals surface area contributed by atoms with Gasteiger partial charge in [0.15, 0.2) is 0 Å². The normalized spacial score (nSPS) is 17.2. The fourth-order valence-corrected chi connectivity index (χ4v) is 4.34. The van der Waals surface area contributed by atoms with E-state index in [-0.39, 0.29) is 17.7 Å². The zero-order valence-electron chi connectivity index (χ0n) is 17.9. The molecule has 0 spiro atoms. The van der Waals surface area contributed by atoms with Crippen molar-refractivity contribution >= 4 is 5.91 Å². The highest BCUT2D eigenvalue weighted by Crippen LogP contribution is 2.33. The van der Waals surface area contributed by atoms with Crippen molar-refractivity contribution in [2.24, 2.45) is 5.92 Å². The minimum Gasteiger partial charge on any atom is -0.434 e. The van der Waals surface area contributed by atoms with Crippen LogP contribution < -0.4 is 4.74 Å². The molecule has 1 aliphatic heterocycles. The Kier molecular flexibility index (Phi) is 7.01. The standard InChI is InChI=1S/C25H27F2N3O2/c26-25(27)32-23-7-2-1-5-21(23)17-29-12-10-22(11-13-29)30(16-18-8-9-18)24(31)20-6-3-4-19(14-20)15-28/h1-7,14,18,22,25H,8-13,16-17H2. The van der Waals surface area contributed by atoms with Crippen LogP contribution in [0.3, 0.4) is 0 Å². The van der Waals surface area contributed by atoms with Crippen LogP contribution >= 0.6 is 0 Å². The number of carbonyl (C=O) groups is 1. The molecule has 0 radical (unpaired) electrons. The predicted octanol–water partition coefficient (Wildman–Crippen LogP) is 4.68. The van der Waals surface area contributed by atoms with E-state index in [4.69, 9.17) is 0 Å². The Morgan fingerprint density at radius 3 is 2.56 bits per heavy atom. The summed E-state index contributed by atoms with van der Waals surface area (Å²) in [5.74, 6) is 0.769. The molecule has 7 heteroatoms. The van der Waals surface area contributed by atoms with Crippen molar-refractivity contribution in [3.05, 3.63) is 65.2 Å². The molecule has 1 aliphatic carbocycles. The van der Waals surface area contributed by atoms with Gasteiger partial charge in [0.2, 0.25) is 0 Å². The molecule has 168 valence electrons. The predicted molar refractivity (Wildman–Crippen MR) is 116 cm³/mol. The molecule has 0 N–H and O–H groups in total. The molecule has 0 atom stereocenters. The van der Waals surface area contributed by atoms with Crippen molar-refractivity contribution in [3.8, 4) is 11.8 Å². The zero-order valence-corrected chi connectivity index (χ0v) is 17.9. The maximum absolute atomic E-state index is 13.3. The van der Waals surface area contributed by atoms with E-state index in [2.05, 4.69) is 15.7 Å². The van der Waals surface area contributed by atoms with E-state index in [1.165, 1.54) is 0 Å². The molecule has 32 heavy (non-hydrogen) atoms. The molecule has 2 aromatic carbocycles. The first-order chi connectivity index (χ1) is 15.5. The average molecular weight is 440 g/mol. The largest absolute Gasteiger partial charge is 0.434 e. The van der Waals surface area contributed by atoms with Gasteiger partial charge in [-0.2, -0.15) is 14.0 Å². The van der Waals surface area contributed by atoms with Gasteiger partial charge in [-0.15, -0.1) is 0 Å². The van der Waals surface area contributed by atoms with Crippen molar-refractivity contribution in [2.75, 3.05) is 19.6 Å². The van der Waals surface area contributed by atoms with Crippen LogP contribution in [0.1, 0.15) is 47.2 Å². The van der Waals surface area contributed by atoms with Crippen molar-refractivity contribution < 1.29 is 18.3 Å². The van der Waals surface area contributed by atoms with E-state index in [0.717, 1.165) is 50.9 Å². The fourth-order valence-electron chi connectivity index (χ4n) is 4.34. The number of ether oxygens (including phenoxy) is 1. The molecule has 1 heterocycles. The second-order valence-electron chi connectivity index (χ2n) is 8.59. The summed E-state index contributed by atoms with van der Waals surface area (Å²) in [4.78, 5) is 17.5. The average Bonchev–Trinajstić information content (AvgIpc) is 3.63. The van der Waals surface area contributed by atoms with Gasteiger partial charge in [0.1, 0.15) is 5.75 Å². The van der Waals surface area contributed by atoms with E-state index in [9.17, 15) is 18.8 Å². The summed E-state index contributed by atoms with van der Waals surface area (Å²) in [5, 5.41) is 9.17. The van der Waals surface area contributed by atoms with Gasteiger partial charge in [-0.3, -0.25) is 9.69 Å². The number of hydrogen-bond acceptors (Lipinski definition) is 4. The van der Waals surface area contributed by atoms with E-state index in [1.807, 2.05) is 17.0 Å². The molecule has 2 aromatic rings. The van der Waals surface area contributed by atoms with Crippen LogP contribution in [-0.2, 0) is 6.54 Å². The number of piperidine rings is 1. The lowest BCUT2D eigenvalue weighted by molar-refractivity contribution is -0.0508. The van der Waals surface area contributed by atoms with Crippen LogP contribution in [0.25, 0.3) is 0 Å². The van der Waals surface area contributed by atoms with E-state index in [0.29, 0.717) is 23.6 Å². The monoisotopic (exact) mass is 439 g/mol. The van der Waals surface area contributed by atoms with Gasteiger partial charge in [-0.05, 0) is 55.9 Å². The molecule has 2 fully saturated rings. The smallest absolute Gasteiger partial charge is 0.387 e. The highest BCUT2D eigenvalue weighted by Gasteiger charge is 2.33. The summed E-state index contributed by atoms with van der Waals surface area (Å²) in [7, 11) is 0. The summed E-state index contributed by atoms with van der Waals surface area (Å²) in [5.41, 5.74) is 1.79. The van der Waals surface area contributed by atoms with Gasteiger partial charge >= 0.3 is 6.61 Å². The maximum atomic E-state index is 13.3. The Hall–Kier alpha value is -2.98. The van der Waals surface area contributed by atoms with Crippen LogP contribution in [0.5, 0.6) is 5.75 Å². The summed E-state index contributed by atoms with van der Waals surface area (Å²) in [6.45, 7) is 0.00561. The summed E-state index contributed by atoms with van der Waals surface area (Å²) in [6.07, 6.45) is 3.96. The second kappa shape index (κ2) is 10.1. The molecule has 5 nitrogen and oxygen atoms in total. The summed E-state index contributed by atoms with van der Waals surface area (Å²) < 4.78 is 30.1. The molecule has 1 saturated carbocycles. The first-order valence-corrected chi connectivity index (χ1v) is 11.1. The Morgan fingerprint density at radius 2 is 1.88 bits per heavy atom. The molecule has 0 aromatic heterocycles. The topological polar surface area (TPSA) is 56.6 Å². The molecule has 1 amide bonds. The third-order valence-corrected chi connectivity index (χ3v) is 6.23. The second-order valence-corrected chi connectivity index (χ2v) is 8.59.